The number of ketones is 1. The van der Waals surface area contributed by atoms with E-state index in [1.54, 1.807) is 0 Å². The van der Waals surface area contributed by atoms with Crippen molar-refractivity contribution in [1.29, 1.82) is 0 Å². The molecule has 0 aromatic heterocycles. The van der Waals surface area contributed by atoms with Crippen LogP contribution in [0.2, 0.25) is 0 Å². The van der Waals surface area contributed by atoms with Gasteiger partial charge in [0.15, 0.2) is 11.5 Å². The zero-order valence-corrected chi connectivity index (χ0v) is 16.3. The number of aliphatic hydroxyl groups is 4. The van der Waals surface area contributed by atoms with Crippen LogP contribution < -0.4 is 4.74 Å². The van der Waals surface area contributed by atoms with Crippen LogP contribution in [-0.4, -0.2) is 85.8 Å². The molecule has 1 saturated heterocycles. The van der Waals surface area contributed by atoms with E-state index in [4.69, 9.17) is 9.47 Å². The highest BCUT2D eigenvalue weighted by Crippen LogP contribution is 2.50. The minimum Gasteiger partial charge on any atom is -0.508 e. The Bertz CT molecular complexity index is 1030. The first-order valence-electron chi connectivity index (χ1n) is 9.52. The van der Waals surface area contributed by atoms with Crippen LogP contribution in [0.15, 0.2) is 24.3 Å². The van der Waals surface area contributed by atoms with Gasteiger partial charge in [-0.1, -0.05) is 6.07 Å². The van der Waals surface area contributed by atoms with E-state index in [2.05, 4.69) is 0 Å². The zero-order valence-electron chi connectivity index (χ0n) is 16.3. The molecule has 1 heterocycles. The highest BCUT2D eigenvalue weighted by atomic mass is 16.5. The molecule has 1 aliphatic carbocycles. The van der Waals surface area contributed by atoms with E-state index in [1.807, 2.05) is 0 Å². The molecule has 0 spiro atoms. The summed E-state index contributed by atoms with van der Waals surface area (Å²) in [7, 11) is 1.25. The smallest absolute Gasteiger partial charge is 0.201 e. The van der Waals surface area contributed by atoms with Gasteiger partial charge in [0, 0.05) is 12.0 Å². The number of benzene rings is 2. The van der Waals surface area contributed by atoms with Gasteiger partial charge in [0.05, 0.1) is 30.9 Å². The molecule has 2 aliphatic rings. The third kappa shape index (κ3) is 3.11. The lowest BCUT2D eigenvalue weighted by Crippen LogP contribution is -2.60. The van der Waals surface area contributed by atoms with Gasteiger partial charge in [-0.25, -0.2) is 0 Å². The highest BCUT2D eigenvalue weighted by molar-refractivity contribution is 6.16. The summed E-state index contributed by atoms with van der Waals surface area (Å²) < 4.78 is 10.9. The number of aromatic hydroxyl groups is 3. The Hall–Kier alpha value is -2.89. The number of phenolic OH excluding ortho intramolecular Hbond substituents is 3. The van der Waals surface area contributed by atoms with Crippen LogP contribution in [0, 0.1) is 0 Å². The molecule has 1 aliphatic heterocycles. The van der Waals surface area contributed by atoms with E-state index < -0.39 is 54.6 Å². The number of hydrogen-bond donors (Lipinski definition) is 7. The number of carbonyl (C=O) groups is 1. The average Bonchev–Trinajstić information content (AvgIpc) is 2.73. The molecular formula is C21H22O10. The van der Waals surface area contributed by atoms with Crippen LogP contribution in [0.3, 0.4) is 0 Å². The Kier molecular flexibility index (Phi) is 5.28. The summed E-state index contributed by atoms with van der Waals surface area (Å²) in [6, 6.07) is 4.87. The molecule has 6 unspecified atom stereocenters. The molecule has 0 amide bonds. The van der Waals surface area contributed by atoms with Gasteiger partial charge < -0.3 is 45.2 Å². The van der Waals surface area contributed by atoms with Crippen LogP contribution in [0.25, 0.3) is 0 Å². The molecule has 2 aromatic rings. The number of aliphatic hydroxyl groups excluding tert-OH is 4. The predicted octanol–water partition coefficient (Wildman–Crippen LogP) is -0.669. The Labute approximate surface area is 176 Å². The lowest BCUT2D eigenvalue weighted by molar-refractivity contribution is -0.232. The number of rotatable bonds is 3. The first-order chi connectivity index (χ1) is 14.7. The summed E-state index contributed by atoms with van der Waals surface area (Å²) in [6.45, 7) is -0.656. The molecule has 10 heteroatoms. The molecule has 7 N–H and O–H groups in total. The number of carbonyl (C=O) groups excluding carboxylic acids is 1. The third-order valence-corrected chi connectivity index (χ3v) is 5.89. The Balaban J connectivity index is 1.99. The van der Waals surface area contributed by atoms with Crippen molar-refractivity contribution in [3.05, 3.63) is 46.5 Å². The summed E-state index contributed by atoms with van der Waals surface area (Å²) in [5.41, 5.74) is 0.0580. The van der Waals surface area contributed by atoms with E-state index in [9.17, 15) is 40.5 Å². The maximum atomic E-state index is 13.3. The van der Waals surface area contributed by atoms with Crippen LogP contribution >= 0.6 is 0 Å². The molecular weight excluding hydrogens is 412 g/mol. The Morgan fingerprint density at radius 1 is 0.935 bits per heavy atom. The number of hydrogen-bond acceptors (Lipinski definition) is 10. The largest absolute Gasteiger partial charge is 0.508 e. The van der Waals surface area contributed by atoms with Crippen molar-refractivity contribution in [1.82, 2.24) is 0 Å². The van der Waals surface area contributed by atoms with E-state index in [-0.39, 0.29) is 39.5 Å². The average molecular weight is 434 g/mol. The number of phenols is 3. The van der Waals surface area contributed by atoms with Crippen molar-refractivity contribution in [2.75, 3.05) is 13.7 Å². The second-order valence-corrected chi connectivity index (χ2v) is 7.61. The van der Waals surface area contributed by atoms with Crippen molar-refractivity contribution in [3.8, 4) is 23.0 Å². The van der Waals surface area contributed by atoms with Gasteiger partial charge >= 0.3 is 0 Å². The van der Waals surface area contributed by atoms with Gasteiger partial charge in [0.2, 0.25) is 5.78 Å². The summed E-state index contributed by atoms with van der Waals surface area (Å²) in [4.78, 5) is 13.3. The maximum Gasteiger partial charge on any atom is 0.201 e. The molecule has 0 saturated carbocycles. The zero-order chi connectivity index (χ0) is 22.6. The molecule has 6 atom stereocenters. The molecule has 31 heavy (non-hydrogen) atoms. The summed E-state index contributed by atoms with van der Waals surface area (Å²) in [6.07, 6.45) is -7.42. The van der Waals surface area contributed by atoms with Gasteiger partial charge in [-0.3, -0.25) is 4.79 Å². The predicted molar refractivity (Wildman–Crippen MR) is 103 cm³/mol. The summed E-state index contributed by atoms with van der Waals surface area (Å²) in [5, 5.41) is 71.3. The number of methoxy groups -OCH3 is 1. The van der Waals surface area contributed by atoms with Crippen molar-refractivity contribution in [3.63, 3.8) is 0 Å². The van der Waals surface area contributed by atoms with Crippen LogP contribution in [-0.2, 0) is 4.74 Å². The fourth-order valence-electron chi connectivity index (χ4n) is 4.47. The van der Waals surface area contributed by atoms with Gasteiger partial charge in [-0.05, 0) is 23.3 Å². The molecule has 0 bridgehead atoms. The Morgan fingerprint density at radius 2 is 1.65 bits per heavy atom. The molecule has 166 valence electrons. The van der Waals surface area contributed by atoms with Gasteiger partial charge in [0.25, 0.3) is 0 Å². The lowest BCUT2D eigenvalue weighted by atomic mass is 9.71. The minimum atomic E-state index is -1.68. The van der Waals surface area contributed by atoms with Gasteiger partial charge in [-0.15, -0.1) is 0 Å². The van der Waals surface area contributed by atoms with Crippen molar-refractivity contribution in [2.24, 2.45) is 0 Å². The number of fused-ring (bicyclic) bond motifs is 2. The summed E-state index contributed by atoms with van der Waals surface area (Å²) >= 11 is 0. The standard InChI is InChI=1S/C21H22O10/c1-30-20-10(24)3-2-8-13(21-19(29)18(28)16(26)12(6-22)31-21)9-4-7(23)5-11(25)14(9)17(27)15(8)20/h2-5,12-13,16,18-19,21-26,28-29H,6H2,1H3. The van der Waals surface area contributed by atoms with Crippen molar-refractivity contribution < 1.29 is 50.0 Å². The van der Waals surface area contributed by atoms with Crippen LogP contribution in [0.5, 0.6) is 23.0 Å². The van der Waals surface area contributed by atoms with E-state index in [1.165, 1.54) is 25.3 Å². The third-order valence-electron chi connectivity index (χ3n) is 5.89. The van der Waals surface area contributed by atoms with Crippen molar-refractivity contribution in [2.45, 2.75) is 36.4 Å². The lowest BCUT2D eigenvalue weighted by Gasteiger charge is -2.45. The van der Waals surface area contributed by atoms with Crippen molar-refractivity contribution >= 4 is 5.78 Å². The molecule has 4 rings (SSSR count). The second-order valence-electron chi connectivity index (χ2n) is 7.61. The van der Waals surface area contributed by atoms with Crippen LogP contribution in [0.1, 0.15) is 33.0 Å². The van der Waals surface area contributed by atoms with Crippen LogP contribution in [0.4, 0.5) is 0 Å². The van der Waals surface area contributed by atoms with E-state index >= 15 is 0 Å². The number of ether oxygens (including phenoxy) is 2. The topological polar surface area (TPSA) is 177 Å². The normalized spacial score (nSPS) is 29.9. The second kappa shape index (κ2) is 7.66. The van der Waals surface area contributed by atoms with Gasteiger partial charge in [0.1, 0.15) is 35.9 Å². The Morgan fingerprint density at radius 3 is 2.29 bits per heavy atom. The molecule has 10 nitrogen and oxygen atoms in total. The van der Waals surface area contributed by atoms with E-state index in [0.29, 0.717) is 0 Å². The summed E-state index contributed by atoms with van der Waals surface area (Å²) in [5.74, 6) is -3.10. The monoisotopic (exact) mass is 434 g/mol. The fourth-order valence-corrected chi connectivity index (χ4v) is 4.47. The molecule has 2 aromatic carbocycles. The van der Waals surface area contributed by atoms with Gasteiger partial charge in [-0.2, -0.15) is 0 Å². The maximum absolute atomic E-state index is 13.3. The fraction of sp³-hybridized carbons (Fsp3) is 0.381. The molecule has 1 fully saturated rings. The SMILES string of the molecule is COc1c(O)ccc2c1C(=O)c1c(O)cc(O)cc1C2C1OC(CO)C(O)C(O)C1O. The highest BCUT2D eigenvalue weighted by Gasteiger charge is 2.50. The minimum absolute atomic E-state index is 0.0852. The molecule has 0 radical (unpaired) electrons. The first kappa shape index (κ1) is 21.3. The quantitative estimate of drug-likeness (QED) is 0.328. The van der Waals surface area contributed by atoms with E-state index in [0.717, 1.165) is 6.07 Å². The first-order valence-corrected chi connectivity index (χ1v) is 9.52.